The highest BCUT2D eigenvalue weighted by Crippen LogP contribution is 2.28. The zero-order chi connectivity index (χ0) is 18.0. The van der Waals surface area contributed by atoms with Crippen molar-refractivity contribution in [1.29, 1.82) is 0 Å². The second-order valence-corrected chi connectivity index (χ2v) is 6.65. The molecule has 0 saturated heterocycles. The normalized spacial score (nSPS) is 10.6. The molecule has 25 heavy (non-hydrogen) atoms. The van der Waals surface area contributed by atoms with Gasteiger partial charge in [-0.25, -0.2) is 0 Å². The summed E-state index contributed by atoms with van der Waals surface area (Å²) in [6.07, 6.45) is 0. The zero-order valence-electron chi connectivity index (χ0n) is 13.9. The first-order chi connectivity index (χ1) is 11.9. The first-order valence-corrected chi connectivity index (χ1v) is 8.72. The number of carbonyl (C=O) groups excluding carboxylic acids is 1. The van der Waals surface area contributed by atoms with E-state index in [4.69, 9.17) is 0 Å². The van der Waals surface area contributed by atoms with Gasteiger partial charge in [-0.2, -0.15) is 11.3 Å². The first kappa shape index (κ1) is 17.0. The average molecular weight is 354 g/mol. The second-order valence-electron chi connectivity index (χ2n) is 5.87. The number of carbonyl (C=O) groups is 1. The Kier molecular flexibility index (Phi) is 4.72. The molecule has 0 aliphatic rings. The summed E-state index contributed by atoms with van der Waals surface area (Å²) < 4.78 is 1.32. The molecule has 0 aliphatic carbocycles. The average Bonchev–Trinajstić information content (AvgIpc) is 3.07. The molecule has 5 nitrogen and oxygen atoms in total. The maximum atomic E-state index is 12.3. The Bertz CT molecular complexity index is 975. The molecule has 3 rings (SSSR count). The molecule has 0 atom stereocenters. The van der Waals surface area contributed by atoms with Gasteiger partial charge in [0.25, 0.3) is 5.56 Å². The fourth-order valence-electron chi connectivity index (χ4n) is 2.69. The highest BCUT2D eigenvalue weighted by Gasteiger charge is 2.10. The molecule has 1 aromatic carbocycles. The number of benzene rings is 1. The molecule has 2 heterocycles. The van der Waals surface area contributed by atoms with Gasteiger partial charge in [-0.15, -0.1) is 0 Å². The van der Waals surface area contributed by atoms with Gasteiger partial charge in [-0.05, 0) is 65.6 Å². The third-order valence-corrected chi connectivity index (χ3v) is 4.66. The molecule has 0 spiro atoms. The summed E-state index contributed by atoms with van der Waals surface area (Å²) in [6, 6.07) is 10.3. The van der Waals surface area contributed by atoms with E-state index in [1.165, 1.54) is 10.6 Å². The van der Waals surface area contributed by atoms with Crippen molar-refractivity contribution in [3.8, 4) is 16.9 Å². The molecule has 2 aromatic heterocycles. The van der Waals surface area contributed by atoms with Crippen molar-refractivity contribution in [3.63, 3.8) is 0 Å². The van der Waals surface area contributed by atoms with E-state index in [2.05, 4.69) is 10.7 Å². The molecule has 2 N–H and O–H groups in total. The number of thiophene rings is 1. The van der Waals surface area contributed by atoms with Crippen LogP contribution >= 0.6 is 11.3 Å². The van der Waals surface area contributed by atoms with E-state index >= 15 is 0 Å². The number of rotatable bonds is 4. The molecule has 0 radical (unpaired) electrons. The van der Waals surface area contributed by atoms with Gasteiger partial charge in [0, 0.05) is 17.4 Å². The van der Waals surface area contributed by atoms with Crippen LogP contribution in [0.15, 0.2) is 52.0 Å². The number of hydrogen-bond acceptors (Lipinski definition) is 4. The van der Waals surface area contributed by atoms with Gasteiger partial charge < -0.3 is 15.0 Å². The van der Waals surface area contributed by atoms with Gasteiger partial charge in [0.2, 0.25) is 5.91 Å². The molecule has 3 aromatic rings. The number of amides is 1. The van der Waals surface area contributed by atoms with Crippen LogP contribution < -0.4 is 10.9 Å². The molecule has 1 amide bonds. The van der Waals surface area contributed by atoms with Crippen LogP contribution in [0.5, 0.6) is 5.75 Å². The number of aromatic nitrogens is 1. The van der Waals surface area contributed by atoms with E-state index in [9.17, 15) is 14.7 Å². The minimum atomic E-state index is -0.407. The molecular formula is C19H18N2O3S. The highest BCUT2D eigenvalue weighted by atomic mass is 32.1. The lowest BCUT2D eigenvalue weighted by atomic mass is 10.0. The predicted molar refractivity (Wildman–Crippen MR) is 100 cm³/mol. The SMILES string of the molecule is Cc1ccc(NC(=O)Cn2c(C)cc(O)cc2=O)cc1-c1ccsc1. The zero-order valence-corrected chi connectivity index (χ0v) is 14.8. The van der Waals surface area contributed by atoms with Crippen LogP contribution in [0.1, 0.15) is 11.3 Å². The van der Waals surface area contributed by atoms with Gasteiger partial charge in [-0.3, -0.25) is 9.59 Å². The van der Waals surface area contributed by atoms with Crippen molar-refractivity contribution in [1.82, 2.24) is 4.57 Å². The maximum absolute atomic E-state index is 12.3. The third kappa shape index (κ3) is 3.80. The minimum absolute atomic E-state index is 0.0990. The molecule has 128 valence electrons. The largest absolute Gasteiger partial charge is 0.508 e. The summed E-state index contributed by atoms with van der Waals surface area (Å²) in [5.41, 5.74) is 4.11. The quantitative estimate of drug-likeness (QED) is 0.753. The van der Waals surface area contributed by atoms with E-state index < -0.39 is 5.56 Å². The summed E-state index contributed by atoms with van der Waals surface area (Å²) in [5.74, 6) is -0.394. The fraction of sp³-hybridized carbons (Fsp3) is 0.158. The van der Waals surface area contributed by atoms with Crippen LogP contribution in [0.2, 0.25) is 0 Å². The lowest BCUT2D eigenvalue weighted by Crippen LogP contribution is -2.28. The summed E-state index contributed by atoms with van der Waals surface area (Å²) in [7, 11) is 0. The monoisotopic (exact) mass is 354 g/mol. The van der Waals surface area contributed by atoms with E-state index in [-0.39, 0.29) is 18.2 Å². The van der Waals surface area contributed by atoms with E-state index in [1.54, 1.807) is 18.3 Å². The Morgan fingerprint density at radius 2 is 2.00 bits per heavy atom. The summed E-state index contributed by atoms with van der Waals surface area (Å²) >= 11 is 1.62. The van der Waals surface area contributed by atoms with Crippen molar-refractivity contribution < 1.29 is 9.90 Å². The first-order valence-electron chi connectivity index (χ1n) is 7.77. The minimum Gasteiger partial charge on any atom is -0.508 e. The summed E-state index contributed by atoms with van der Waals surface area (Å²) in [5, 5.41) is 16.3. The number of nitrogens with zero attached hydrogens (tertiary/aromatic N) is 1. The van der Waals surface area contributed by atoms with Crippen LogP contribution in [0.4, 0.5) is 5.69 Å². The fourth-order valence-corrected chi connectivity index (χ4v) is 3.34. The number of pyridine rings is 1. The highest BCUT2D eigenvalue weighted by molar-refractivity contribution is 7.08. The number of aryl methyl sites for hydroxylation is 2. The smallest absolute Gasteiger partial charge is 0.254 e. The van der Waals surface area contributed by atoms with E-state index in [0.29, 0.717) is 11.4 Å². The molecule has 0 aliphatic heterocycles. The topological polar surface area (TPSA) is 71.3 Å². The van der Waals surface area contributed by atoms with Crippen LogP contribution in [0, 0.1) is 13.8 Å². The van der Waals surface area contributed by atoms with Crippen molar-refractivity contribution >= 4 is 22.9 Å². The molecule has 0 fully saturated rings. The standard InChI is InChI=1S/C19H18N2O3S/c1-12-3-4-15(8-17(12)14-5-6-25-11-14)20-18(23)10-21-13(2)7-16(22)9-19(21)24/h3-9,11,22H,10H2,1-2H3,(H,20,23). The Morgan fingerprint density at radius 3 is 2.68 bits per heavy atom. The predicted octanol–water partition coefficient (Wildman–Crippen LogP) is 3.54. The lowest BCUT2D eigenvalue weighted by molar-refractivity contribution is -0.116. The Balaban J connectivity index is 1.80. The Labute approximate surface area is 149 Å². The second kappa shape index (κ2) is 6.94. The number of anilines is 1. The van der Waals surface area contributed by atoms with Gasteiger partial charge in [0.1, 0.15) is 12.3 Å². The Hall–Kier alpha value is -2.86. The van der Waals surface area contributed by atoms with Crippen molar-refractivity contribution in [2.75, 3.05) is 5.32 Å². The molecule has 0 unspecified atom stereocenters. The van der Waals surface area contributed by atoms with Crippen LogP contribution in [-0.4, -0.2) is 15.6 Å². The van der Waals surface area contributed by atoms with Crippen molar-refractivity contribution in [3.05, 3.63) is 68.8 Å². The van der Waals surface area contributed by atoms with Crippen LogP contribution in [0.3, 0.4) is 0 Å². The van der Waals surface area contributed by atoms with Crippen LogP contribution in [0.25, 0.3) is 11.1 Å². The van der Waals surface area contributed by atoms with E-state index in [1.807, 2.05) is 36.6 Å². The van der Waals surface area contributed by atoms with Crippen molar-refractivity contribution in [2.24, 2.45) is 0 Å². The van der Waals surface area contributed by atoms with Gasteiger partial charge in [-0.1, -0.05) is 6.07 Å². The summed E-state index contributed by atoms with van der Waals surface area (Å²) in [6.45, 7) is 3.60. The lowest BCUT2D eigenvalue weighted by Gasteiger charge is -2.12. The number of nitrogens with one attached hydrogen (secondary N) is 1. The van der Waals surface area contributed by atoms with Gasteiger partial charge in [0.15, 0.2) is 0 Å². The molecule has 0 bridgehead atoms. The van der Waals surface area contributed by atoms with E-state index in [0.717, 1.165) is 22.8 Å². The third-order valence-electron chi connectivity index (χ3n) is 3.98. The van der Waals surface area contributed by atoms with Crippen LogP contribution in [-0.2, 0) is 11.3 Å². The van der Waals surface area contributed by atoms with Crippen molar-refractivity contribution in [2.45, 2.75) is 20.4 Å². The summed E-state index contributed by atoms with van der Waals surface area (Å²) in [4.78, 5) is 24.2. The Morgan fingerprint density at radius 1 is 1.20 bits per heavy atom. The number of hydrogen-bond donors (Lipinski definition) is 2. The molecule has 6 heteroatoms. The van der Waals surface area contributed by atoms with Gasteiger partial charge in [0.05, 0.1) is 0 Å². The maximum Gasteiger partial charge on any atom is 0.254 e. The number of aromatic hydroxyl groups is 1. The molecule has 0 saturated carbocycles. The molecular weight excluding hydrogens is 336 g/mol. The van der Waals surface area contributed by atoms with Gasteiger partial charge >= 0.3 is 0 Å².